The second-order valence-corrected chi connectivity index (χ2v) is 4.67. The van der Waals surface area contributed by atoms with Gasteiger partial charge in [-0.3, -0.25) is 9.11 Å². The SMILES string of the molecule is O=S(=O)(O)C(F)(F)F.O=S(=O)(O)C(F)(F)F.[SeH2]. The molecule has 0 amide bonds. The first-order valence-electron chi connectivity index (χ1n) is 2.57. The van der Waals surface area contributed by atoms with Gasteiger partial charge in [0.2, 0.25) is 0 Å². The Morgan fingerprint density at radius 1 is 0.647 bits per heavy atom. The van der Waals surface area contributed by atoms with Crippen molar-refractivity contribution in [2.45, 2.75) is 11.0 Å². The molecule has 0 bridgehead atoms. The van der Waals surface area contributed by atoms with Crippen LogP contribution in [0.5, 0.6) is 0 Å². The van der Waals surface area contributed by atoms with Crippen molar-refractivity contribution in [2.24, 2.45) is 0 Å². The molecule has 0 aliphatic heterocycles. The van der Waals surface area contributed by atoms with Crippen LogP contribution in [-0.4, -0.2) is 54.0 Å². The molecule has 0 atom stereocenters. The van der Waals surface area contributed by atoms with Crippen LogP contribution < -0.4 is 0 Å². The zero-order valence-electron chi connectivity index (χ0n) is 7.11. The fourth-order valence-corrected chi connectivity index (χ4v) is 0. The second-order valence-electron chi connectivity index (χ2n) is 1.84. The Bertz CT molecular complexity index is 374. The average Bonchev–Trinajstić information content (AvgIpc) is 1.77. The summed E-state index contributed by atoms with van der Waals surface area (Å²) in [6, 6.07) is 0. The fraction of sp³-hybridized carbons (Fsp3) is 1.00. The maximum absolute atomic E-state index is 10.7. The normalized spacial score (nSPS) is 13.2. The molecule has 0 fully saturated rings. The van der Waals surface area contributed by atoms with Crippen LogP contribution in [-0.2, 0) is 20.2 Å². The number of alkyl halides is 6. The Kier molecular flexibility index (Phi) is 8.06. The molecule has 0 aromatic carbocycles. The van der Waals surface area contributed by atoms with Crippen molar-refractivity contribution in [3.8, 4) is 0 Å². The molecule has 0 radical (unpaired) electrons. The zero-order valence-corrected chi connectivity index (χ0v) is 10.8. The first-order chi connectivity index (χ1) is 6.50. The van der Waals surface area contributed by atoms with E-state index in [1.54, 1.807) is 0 Å². The van der Waals surface area contributed by atoms with Gasteiger partial charge in [-0.05, 0) is 0 Å². The van der Waals surface area contributed by atoms with Gasteiger partial charge in [0, 0.05) is 0 Å². The molecular formula is C2H4F6O6S2Se. The summed E-state index contributed by atoms with van der Waals surface area (Å²) in [4.78, 5) is 0. The van der Waals surface area contributed by atoms with Gasteiger partial charge in [0.25, 0.3) is 0 Å². The molecule has 0 aliphatic carbocycles. The molecule has 0 aromatic heterocycles. The minimum atomic E-state index is -5.84. The van der Waals surface area contributed by atoms with Crippen molar-refractivity contribution in [3.63, 3.8) is 0 Å². The minimum absolute atomic E-state index is 0. The summed E-state index contributed by atoms with van der Waals surface area (Å²) in [6.45, 7) is 0. The van der Waals surface area contributed by atoms with Gasteiger partial charge in [-0.15, -0.1) is 0 Å². The third-order valence-electron chi connectivity index (χ3n) is 0.585. The van der Waals surface area contributed by atoms with Gasteiger partial charge in [0.1, 0.15) is 0 Å². The van der Waals surface area contributed by atoms with E-state index in [-0.39, 0.29) is 17.1 Å². The summed E-state index contributed by atoms with van der Waals surface area (Å²) in [7, 11) is -11.7. The monoisotopic (exact) mass is 382 g/mol. The number of rotatable bonds is 0. The van der Waals surface area contributed by atoms with Crippen molar-refractivity contribution < 1.29 is 52.3 Å². The molecular weight excluding hydrogens is 377 g/mol. The van der Waals surface area contributed by atoms with Crippen molar-refractivity contribution in [1.82, 2.24) is 0 Å². The van der Waals surface area contributed by atoms with Crippen LogP contribution in [0.1, 0.15) is 0 Å². The van der Waals surface area contributed by atoms with Crippen LogP contribution in [0, 0.1) is 0 Å². The molecule has 6 nitrogen and oxygen atoms in total. The zero-order chi connectivity index (χ0) is 14.0. The Morgan fingerprint density at radius 3 is 0.706 bits per heavy atom. The number of hydrogen-bond donors (Lipinski definition) is 2. The predicted molar refractivity (Wildman–Crippen MR) is 43.8 cm³/mol. The van der Waals surface area contributed by atoms with Crippen LogP contribution in [0.15, 0.2) is 0 Å². The molecule has 15 heteroatoms. The van der Waals surface area contributed by atoms with Crippen LogP contribution >= 0.6 is 0 Å². The average molecular weight is 381 g/mol. The third-order valence-corrected chi connectivity index (χ3v) is 1.75. The third kappa shape index (κ3) is 9.61. The molecule has 0 saturated carbocycles. The van der Waals surface area contributed by atoms with E-state index >= 15 is 0 Å². The molecule has 17 heavy (non-hydrogen) atoms. The van der Waals surface area contributed by atoms with Crippen LogP contribution in [0.4, 0.5) is 26.3 Å². The van der Waals surface area contributed by atoms with E-state index in [0.29, 0.717) is 0 Å². The van der Waals surface area contributed by atoms with Crippen molar-refractivity contribution in [3.05, 3.63) is 0 Å². The van der Waals surface area contributed by atoms with Crippen LogP contribution in [0.2, 0.25) is 0 Å². The molecule has 2 N–H and O–H groups in total. The summed E-state index contributed by atoms with van der Waals surface area (Å²) in [6.07, 6.45) is 0. The van der Waals surface area contributed by atoms with Gasteiger partial charge in [0.05, 0.1) is 0 Å². The van der Waals surface area contributed by atoms with E-state index in [4.69, 9.17) is 25.9 Å². The first-order valence-corrected chi connectivity index (χ1v) is 5.45. The molecule has 0 aromatic rings. The molecule has 0 rings (SSSR count). The molecule has 0 unspecified atom stereocenters. The van der Waals surface area contributed by atoms with Crippen molar-refractivity contribution in [2.75, 3.05) is 0 Å². The Morgan fingerprint density at radius 2 is 0.706 bits per heavy atom. The van der Waals surface area contributed by atoms with Gasteiger partial charge < -0.3 is 0 Å². The van der Waals surface area contributed by atoms with Gasteiger partial charge in [-0.25, -0.2) is 0 Å². The number of hydrogen-bond acceptors (Lipinski definition) is 4. The van der Waals surface area contributed by atoms with Crippen molar-refractivity contribution >= 4 is 37.3 Å². The molecule has 0 aliphatic rings. The fourth-order valence-electron chi connectivity index (χ4n) is 0. The van der Waals surface area contributed by atoms with E-state index in [1.165, 1.54) is 0 Å². The quantitative estimate of drug-likeness (QED) is 0.262. The summed E-state index contributed by atoms with van der Waals surface area (Å²) < 4.78 is 115. The Labute approximate surface area is 101 Å². The topological polar surface area (TPSA) is 109 Å². The van der Waals surface area contributed by atoms with Gasteiger partial charge in [-0.2, -0.15) is 43.2 Å². The second kappa shape index (κ2) is 6.19. The van der Waals surface area contributed by atoms with E-state index in [0.717, 1.165) is 0 Å². The maximum atomic E-state index is 10.7. The summed E-state index contributed by atoms with van der Waals surface area (Å²) in [5.41, 5.74) is -11.1. The standard InChI is InChI=1S/2CHF3O3S.H2Se/c2*2-1(3,4)8(5,6)7;/h2*(H,5,6,7);1H2. The molecule has 0 saturated heterocycles. The summed E-state index contributed by atoms with van der Waals surface area (Å²) in [5.74, 6) is 0. The van der Waals surface area contributed by atoms with E-state index in [2.05, 4.69) is 0 Å². The predicted octanol–water partition coefficient (Wildman–Crippen LogP) is -0.128. The van der Waals surface area contributed by atoms with Gasteiger partial charge >= 0.3 is 48.3 Å². The Hall–Kier alpha value is -0.0805. The van der Waals surface area contributed by atoms with E-state index in [9.17, 15) is 26.3 Å². The van der Waals surface area contributed by atoms with Gasteiger partial charge in [-0.1, -0.05) is 0 Å². The Balaban J connectivity index is -0.000000218. The van der Waals surface area contributed by atoms with E-state index in [1.807, 2.05) is 0 Å². The van der Waals surface area contributed by atoms with Gasteiger partial charge in [0.15, 0.2) is 0 Å². The molecule has 0 heterocycles. The first kappa shape index (κ1) is 22.1. The van der Waals surface area contributed by atoms with Crippen LogP contribution in [0.25, 0.3) is 0 Å². The molecule has 108 valence electrons. The number of halogens is 6. The summed E-state index contributed by atoms with van der Waals surface area (Å²) >= 11 is 0. The van der Waals surface area contributed by atoms with Crippen LogP contribution in [0.3, 0.4) is 0 Å². The molecule has 0 spiro atoms. The summed E-state index contributed by atoms with van der Waals surface area (Å²) in [5, 5.41) is 0. The van der Waals surface area contributed by atoms with Crippen molar-refractivity contribution in [1.29, 1.82) is 0 Å². The van der Waals surface area contributed by atoms with E-state index < -0.39 is 31.3 Å².